The van der Waals surface area contributed by atoms with Gasteiger partial charge in [0, 0.05) is 6.54 Å². The fraction of sp³-hybridized carbons (Fsp3) is 0.400. The van der Waals surface area contributed by atoms with Crippen LogP contribution in [0.3, 0.4) is 0 Å². The standard InChI is InChI=1S/C20H27NO4S/c1-3-6-20(23)17-10-12-18(13-11-17)21(26(2,24)25)14-5-8-16-7-4-9-19(22)15-16/h4,7,9-13,15,20,22-23H,3,5-6,8,14H2,1-2H3. The number of sulfonamides is 1. The number of aromatic hydroxyl groups is 1. The number of nitrogens with zero attached hydrogens (tertiary/aromatic N) is 1. The maximum atomic E-state index is 12.2. The largest absolute Gasteiger partial charge is 0.508 e. The second-order valence-corrected chi connectivity index (χ2v) is 8.41. The van der Waals surface area contributed by atoms with Gasteiger partial charge in [-0.25, -0.2) is 8.42 Å². The molecule has 0 aromatic heterocycles. The molecule has 0 radical (unpaired) electrons. The first kappa shape index (κ1) is 20.3. The van der Waals surface area contributed by atoms with Crippen molar-refractivity contribution in [2.75, 3.05) is 17.1 Å². The van der Waals surface area contributed by atoms with Crippen LogP contribution in [0.5, 0.6) is 5.75 Å². The average Bonchev–Trinajstić information content (AvgIpc) is 2.58. The van der Waals surface area contributed by atoms with Gasteiger partial charge < -0.3 is 10.2 Å². The van der Waals surface area contributed by atoms with Crippen LogP contribution in [0, 0.1) is 0 Å². The minimum atomic E-state index is -3.40. The highest BCUT2D eigenvalue weighted by molar-refractivity contribution is 7.92. The van der Waals surface area contributed by atoms with Gasteiger partial charge in [0.1, 0.15) is 5.75 Å². The maximum Gasteiger partial charge on any atom is 0.232 e. The molecule has 0 spiro atoms. The van der Waals surface area contributed by atoms with Crippen LogP contribution in [0.1, 0.15) is 43.4 Å². The summed E-state index contributed by atoms with van der Waals surface area (Å²) in [6, 6.07) is 14.0. The van der Waals surface area contributed by atoms with Crippen LogP contribution in [0.2, 0.25) is 0 Å². The third-order valence-electron chi connectivity index (χ3n) is 4.27. The SMILES string of the molecule is CCCC(O)c1ccc(N(CCCc2cccc(O)c2)S(C)(=O)=O)cc1. The van der Waals surface area contributed by atoms with Gasteiger partial charge in [-0.3, -0.25) is 4.31 Å². The first-order valence-electron chi connectivity index (χ1n) is 8.85. The number of hydrogen-bond acceptors (Lipinski definition) is 4. The maximum absolute atomic E-state index is 12.2. The molecule has 0 amide bonds. The van der Waals surface area contributed by atoms with Gasteiger partial charge in [0.15, 0.2) is 0 Å². The Balaban J connectivity index is 2.07. The molecule has 0 aliphatic heterocycles. The summed E-state index contributed by atoms with van der Waals surface area (Å²) in [5, 5.41) is 19.6. The Morgan fingerprint density at radius 2 is 1.81 bits per heavy atom. The monoisotopic (exact) mass is 377 g/mol. The fourth-order valence-corrected chi connectivity index (χ4v) is 3.89. The highest BCUT2D eigenvalue weighted by atomic mass is 32.2. The fourth-order valence-electron chi connectivity index (χ4n) is 2.93. The molecule has 0 fully saturated rings. The zero-order valence-electron chi connectivity index (χ0n) is 15.3. The molecular formula is C20H27NO4S. The van der Waals surface area contributed by atoms with E-state index in [-0.39, 0.29) is 5.75 Å². The second-order valence-electron chi connectivity index (χ2n) is 6.50. The number of aliphatic hydroxyl groups is 1. The number of phenols is 1. The van der Waals surface area contributed by atoms with Crippen molar-refractivity contribution in [3.8, 4) is 5.75 Å². The van der Waals surface area contributed by atoms with Crippen LogP contribution >= 0.6 is 0 Å². The van der Waals surface area contributed by atoms with Gasteiger partial charge in [-0.2, -0.15) is 0 Å². The highest BCUT2D eigenvalue weighted by Gasteiger charge is 2.17. The Labute approximate surface area is 156 Å². The van der Waals surface area contributed by atoms with E-state index >= 15 is 0 Å². The number of hydrogen-bond donors (Lipinski definition) is 2. The summed E-state index contributed by atoms with van der Waals surface area (Å²) in [4.78, 5) is 0. The van der Waals surface area contributed by atoms with Crippen LogP contribution in [0.25, 0.3) is 0 Å². The third kappa shape index (κ3) is 5.75. The number of phenolic OH excluding ortho intramolecular Hbond substituents is 1. The first-order valence-corrected chi connectivity index (χ1v) is 10.7. The van der Waals surface area contributed by atoms with Gasteiger partial charge in [-0.05, 0) is 54.7 Å². The lowest BCUT2D eigenvalue weighted by Gasteiger charge is -2.23. The molecule has 26 heavy (non-hydrogen) atoms. The van der Waals surface area contributed by atoms with E-state index in [9.17, 15) is 18.6 Å². The molecule has 0 bridgehead atoms. The lowest BCUT2D eigenvalue weighted by Crippen LogP contribution is -2.31. The number of aliphatic hydroxyl groups excluding tert-OH is 1. The molecular weight excluding hydrogens is 350 g/mol. The molecule has 142 valence electrons. The molecule has 5 nitrogen and oxygen atoms in total. The molecule has 2 aromatic rings. The lowest BCUT2D eigenvalue weighted by atomic mass is 10.0. The van der Waals surface area contributed by atoms with E-state index in [0.29, 0.717) is 31.5 Å². The molecule has 2 aromatic carbocycles. The molecule has 1 atom stereocenters. The molecule has 1 unspecified atom stereocenters. The molecule has 2 N–H and O–H groups in total. The summed E-state index contributed by atoms with van der Waals surface area (Å²) in [5.74, 6) is 0.212. The number of anilines is 1. The predicted octanol–water partition coefficient (Wildman–Crippen LogP) is 3.62. The van der Waals surface area contributed by atoms with Crippen LogP contribution in [-0.4, -0.2) is 31.4 Å². The van der Waals surface area contributed by atoms with Crippen LogP contribution < -0.4 is 4.31 Å². The summed E-state index contributed by atoms with van der Waals surface area (Å²) in [6.07, 6.45) is 3.55. The van der Waals surface area contributed by atoms with E-state index in [1.54, 1.807) is 42.5 Å². The Hall–Kier alpha value is -2.05. The van der Waals surface area contributed by atoms with Crippen molar-refractivity contribution in [3.05, 3.63) is 59.7 Å². The van der Waals surface area contributed by atoms with Crippen LogP contribution in [-0.2, 0) is 16.4 Å². The van der Waals surface area contributed by atoms with Crippen molar-refractivity contribution in [1.82, 2.24) is 0 Å². The van der Waals surface area contributed by atoms with E-state index in [0.717, 1.165) is 17.5 Å². The van der Waals surface area contributed by atoms with Gasteiger partial charge in [0.2, 0.25) is 10.0 Å². The minimum Gasteiger partial charge on any atom is -0.508 e. The summed E-state index contributed by atoms with van der Waals surface area (Å²) >= 11 is 0. The zero-order valence-corrected chi connectivity index (χ0v) is 16.1. The molecule has 0 saturated carbocycles. The third-order valence-corrected chi connectivity index (χ3v) is 5.46. The van der Waals surface area contributed by atoms with Crippen molar-refractivity contribution in [2.24, 2.45) is 0 Å². The Kier molecular flexibility index (Phi) is 7.06. The molecule has 0 aliphatic carbocycles. The summed E-state index contributed by atoms with van der Waals surface area (Å²) in [5.41, 5.74) is 2.36. The normalized spacial score (nSPS) is 12.7. The summed E-state index contributed by atoms with van der Waals surface area (Å²) in [6.45, 7) is 2.36. The predicted molar refractivity (Wildman–Crippen MR) is 105 cm³/mol. The number of benzene rings is 2. The second kappa shape index (κ2) is 9.05. The van der Waals surface area contributed by atoms with E-state index < -0.39 is 16.1 Å². The minimum absolute atomic E-state index is 0.212. The van der Waals surface area contributed by atoms with Gasteiger partial charge in [-0.1, -0.05) is 37.6 Å². The van der Waals surface area contributed by atoms with Crippen molar-refractivity contribution in [1.29, 1.82) is 0 Å². The smallest absolute Gasteiger partial charge is 0.232 e. The Morgan fingerprint density at radius 1 is 1.12 bits per heavy atom. The van der Waals surface area contributed by atoms with Gasteiger partial charge in [0.25, 0.3) is 0 Å². The average molecular weight is 378 g/mol. The highest BCUT2D eigenvalue weighted by Crippen LogP contribution is 2.24. The van der Waals surface area contributed by atoms with Crippen molar-refractivity contribution < 1.29 is 18.6 Å². The molecule has 0 saturated heterocycles. The molecule has 6 heteroatoms. The number of aryl methyl sites for hydroxylation is 1. The van der Waals surface area contributed by atoms with Crippen LogP contribution in [0.4, 0.5) is 5.69 Å². The van der Waals surface area contributed by atoms with Crippen LogP contribution in [0.15, 0.2) is 48.5 Å². The van der Waals surface area contributed by atoms with Crippen molar-refractivity contribution in [3.63, 3.8) is 0 Å². The first-order chi connectivity index (χ1) is 12.3. The van der Waals surface area contributed by atoms with E-state index in [1.807, 2.05) is 13.0 Å². The van der Waals surface area contributed by atoms with Crippen molar-refractivity contribution in [2.45, 2.75) is 38.7 Å². The molecule has 0 aliphatic rings. The lowest BCUT2D eigenvalue weighted by molar-refractivity contribution is 0.166. The van der Waals surface area contributed by atoms with Gasteiger partial charge in [-0.15, -0.1) is 0 Å². The van der Waals surface area contributed by atoms with E-state index in [1.165, 1.54) is 10.6 Å². The topological polar surface area (TPSA) is 77.8 Å². The quantitative estimate of drug-likeness (QED) is 0.700. The Morgan fingerprint density at radius 3 is 2.38 bits per heavy atom. The summed E-state index contributed by atoms with van der Waals surface area (Å²) in [7, 11) is -3.40. The Bertz CT molecular complexity index is 803. The zero-order chi connectivity index (χ0) is 19.2. The summed E-state index contributed by atoms with van der Waals surface area (Å²) < 4.78 is 25.8. The molecule has 2 rings (SSSR count). The van der Waals surface area contributed by atoms with Gasteiger partial charge in [0.05, 0.1) is 18.0 Å². The van der Waals surface area contributed by atoms with Gasteiger partial charge >= 0.3 is 0 Å². The van der Waals surface area contributed by atoms with E-state index in [4.69, 9.17) is 0 Å². The van der Waals surface area contributed by atoms with Crippen molar-refractivity contribution >= 4 is 15.7 Å². The number of rotatable bonds is 9. The molecule has 0 heterocycles. The van der Waals surface area contributed by atoms with E-state index in [2.05, 4.69) is 0 Å².